The first-order valence-electron chi connectivity index (χ1n) is 4.59. The molecule has 0 aromatic carbocycles. The molecule has 4 heteroatoms. The van der Waals surface area contributed by atoms with Crippen molar-refractivity contribution < 1.29 is 13.6 Å². The molecule has 0 heterocycles. The molecular formula is C9H15O3P. The fraction of sp³-hybridized carbons (Fsp3) is 0.778. The molecule has 2 aliphatic rings. The van der Waals surface area contributed by atoms with Crippen molar-refractivity contribution in [2.45, 2.75) is 18.5 Å². The molecular weight excluding hydrogens is 187 g/mol. The van der Waals surface area contributed by atoms with Crippen LogP contribution in [0.5, 0.6) is 0 Å². The Labute approximate surface area is 78.6 Å². The zero-order chi connectivity index (χ0) is 9.47. The standard InChI is InChI=1S/C9H15O3P/c1-11-13(10,12-2)9-6-7-3-4-8(9)5-7/h3-4,7-9H,5-6H2,1-2H3. The van der Waals surface area contributed by atoms with Gasteiger partial charge >= 0.3 is 7.60 Å². The molecule has 3 nitrogen and oxygen atoms in total. The third-order valence-electron chi connectivity index (χ3n) is 3.16. The highest BCUT2D eigenvalue weighted by Crippen LogP contribution is 2.62. The number of rotatable bonds is 3. The van der Waals surface area contributed by atoms with Gasteiger partial charge in [0.2, 0.25) is 0 Å². The predicted molar refractivity (Wildman–Crippen MR) is 50.8 cm³/mol. The lowest BCUT2D eigenvalue weighted by atomic mass is 10.1. The van der Waals surface area contributed by atoms with E-state index < -0.39 is 7.60 Å². The molecule has 1 fully saturated rings. The molecule has 13 heavy (non-hydrogen) atoms. The van der Waals surface area contributed by atoms with Crippen LogP contribution in [0.15, 0.2) is 12.2 Å². The van der Waals surface area contributed by atoms with Crippen molar-refractivity contribution in [1.29, 1.82) is 0 Å². The molecule has 0 radical (unpaired) electrons. The predicted octanol–water partition coefficient (Wildman–Crippen LogP) is 2.44. The minimum absolute atomic E-state index is 0.0949. The quantitative estimate of drug-likeness (QED) is 0.520. The SMILES string of the molecule is COP(=O)(OC)C1CC2C=CC1C2. The fourth-order valence-corrected chi connectivity index (χ4v) is 4.37. The highest BCUT2D eigenvalue weighted by atomic mass is 31.2. The molecule has 0 saturated heterocycles. The van der Waals surface area contributed by atoms with E-state index >= 15 is 0 Å². The summed E-state index contributed by atoms with van der Waals surface area (Å²) >= 11 is 0. The van der Waals surface area contributed by atoms with Crippen LogP contribution in [0.2, 0.25) is 0 Å². The van der Waals surface area contributed by atoms with E-state index in [9.17, 15) is 4.57 Å². The molecule has 0 aromatic rings. The first-order valence-corrected chi connectivity index (χ1v) is 6.20. The molecule has 2 bridgehead atoms. The van der Waals surface area contributed by atoms with Crippen LogP contribution >= 0.6 is 7.60 Å². The van der Waals surface area contributed by atoms with Gasteiger partial charge in [-0.1, -0.05) is 12.2 Å². The fourth-order valence-electron chi connectivity index (χ4n) is 2.46. The van der Waals surface area contributed by atoms with Gasteiger partial charge < -0.3 is 9.05 Å². The molecule has 3 unspecified atom stereocenters. The van der Waals surface area contributed by atoms with Crippen molar-refractivity contribution in [2.24, 2.45) is 11.8 Å². The smallest absolute Gasteiger partial charge is 0.312 e. The summed E-state index contributed by atoms with van der Waals surface area (Å²) in [6.45, 7) is 0. The largest absolute Gasteiger partial charge is 0.333 e. The van der Waals surface area contributed by atoms with Crippen LogP contribution in [0.4, 0.5) is 0 Å². The second-order valence-electron chi connectivity index (χ2n) is 3.75. The maximum atomic E-state index is 12.1. The van der Waals surface area contributed by atoms with E-state index in [1.807, 2.05) is 0 Å². The van der Waals surface area contributed by atoms with Crippen LogP contribution in [0, 0.1) is 11.8 Å². The summed E-state index contributed by atoms with van der Waals surface area (Å²) in [7, 11) is 0.122. The van der Waals surface area contributed by atoms with Crippen molar-refractivity contribution >= 4 is 7.60 Å². The first-order chi connectivity index (χ1) is 6.19. The van der Waals surface area contributed by atoms with Crippen LogP contribution in [0.1, 0.15) is 12.8 Å². The number of hydrogen-bond donors (Lipinski definition) is 0. The van der Waals surface area contributed by atoms with E-state index in [0.717, 1.165) is 12.8 Å². The van der Waals surface area contributed by atoms with E-state index in [4.69, 9.17) is 9.05 Å². The van der Waals surface area contributed by atoms with E-state index in [0.29, 0.717) is 11.8 Å². The second-order valence-corrected chi connectivity index (χ2v) is 6.23. The Morgan fingerprint density at radius 2 is 1.92 bits per heavy atom. The third-order valence-corrected chi connectivity index (χ3v) is 5.58. The van der Waals surface area contributed by atoms with Gasteiger partial charge in [0.05, 0.1) is 5.66 Å². The lowest BCUT2D eigenvalue weighted by molar-refractivity contribution is 0.260. The molecule has 74 valence electrons. The Morgan fingerprint density at radius 3 is 2.31 bits per heavy atom. The molecule has 0 spiro atoms. The maximum absolute atomic E-state index is 12.1. The van der Waals surface area contributed by atoms with Gasteiger partial charge in [-0.2, -0.15) is 0 Å². The molecule has 2 rings (SSSR count). The molecule has 0 amide bonds. The zero-order valence-corrected chi connectivity index (χ0v) is 8.87. The summed E-state index contributed by atoms with van der Waals surface area (Å²) in [5, 5.41) is 0. The summed E-state index contributed by atoms with van der Waals surface area (Å²) in [6.07, 6.45) is 6.46. The highest BCUT2D eigenvalue weighted by Gasteiger charge is 2.47. The van der Waals surface area contributed by atoms with E-state index in [1.165, 1.54) is 14.2 Å². The summed E-state index contributed by atoms with van der Waals surface area (Å²) in [5.41, 5.74) is 0.0949. The minimum atomic E-state index is -2.82. The Kier molecular flexibility index (Phi) is 2.35. The number of allylic oxidation sites excluding steroid dienone is 2. The second kappa shape index (κ2) is 3.23. The van der Waals surface area contributed by atoms with Gasteiger partial charge in [0.15, 0.2) is 0 Å². The average molecular weight is 202 g/mol. The molecule has 0 N–H and O–H groups in total. The van der Waals surface area contributed by atoms with Crippen molar-refractivity contribution in [2.75, 3.05) is 14.2 Å². The van der Waals surface area contributed by atoms with Crippen LogP contribution in [-0.4, -0.2) is 19.9 Å². The number of hydrogen-bond acceptors (Lipinski definition) is 3. The monoisotopic (exact) mass is 202 g/mol. The topological polar surface area (TPSA) is 35.5 Å². The van der Waals surface area contributed by atoms with Gasteiger partial charge in [0, 0.05) is 14.2 Å². The summed E-state index contributed by atoms with van der Waals surface area (Å²) < 4.78 is 22.1. The van der Waals surface area contributed by atoms with Gasteiger partial charge in [-0.15, -0.1) is 0 Å². The van der Waals surface area contributed by atoms with Gasteiger partial charge in [-0.25, -0.2) is 0 Å². The number of fused-ring (bicyclic) bond motifs is 2. The van der Waals surface area contributed by atoms with Crippen molar-refractivity contribution in [3.05, 3.63) is 12.2 Å². The Balaban J connectivity index is 2.18. The van der Waals surface area contributed by atoms with Gasteiger partial charge in [-0.05, 0) is 24.7 Å². The van der Waals surface area contributed by atoms with Crippen LogP contribution < -0.4 is 0 Å². The lowest BCUT2D eigenvalue weighted by Crippen LogP contribution is -2.16. The molecule has 0 aliphatic heterocycles. The molecule has 2 aliphatic carbocycles. The zero-order valence-electron chi connectivity index (χ0n) is 7.97. The Hall–Kier alpha value is -0.110. The van der Waals surface area contributed by atoms with Crippen molar-refractivity contribution in [1.82, 2.24) is 0 Å². The molecule has 0 aromatic heterocycles. The van der Waals surface area contributed by atoms with E-state index in [-0.39, 0.29) is 5.66 Å². The van der Waals surface area contributed by atoms with Gasteiger partial charge in [0.1, 0.15) is 0 Å². The molecule has 1 saturated carbocycles. The summed E-state index contributed by atoms with van der Waals surface area (Å²) in [4.78, 5) is 0. The van der Waals surface area contributed by atoms with Crippen LogP contribution in [0.3, 0.4) is 0 Å². The van der Waals surface area contributed by atoms with Crippen LogP contribution in [0.25, 0.3) is 0 Å². The molecule has 3 atom stereocenters. The average Bonchev–Trinajstić information content (AvgIpc) is 2.77. The first kappa shape index (κ1) is 9.45. The van der Waals surface area contributed by atoms with E-state index in [1.54, 1.807) is 0 Å². The maximum Gasteiger partial charge on any atom is 0.333 e. The highest BCUT2D eigenvalue weighted by molar-refractivity contribution is 7.54. The normalized spacial score (nSPS) is 37.2. The minimum Gasteiger partial charge on any atom is -0.312 e. The Morgan fingerprint density at radius 1 is 1.23 bits per heavy atom. The van der Waals surface area contributed by atoms with Gasteiger partial charge in [0.25, 0.3) is 0 Å². The van der Waals surface area contributed by atoms with Crippen molar-refractivity contribution in [3.8, 4) is 0 Å². The van der Waals surface area contributed by atoms with Crippen LogP contribution in [-0.2, 0) is 13.6 Å². The van der Waals surface area contributed by atoms with E-state index in [2.05, 4.69) is 12.2 Å². The Bertz CT molecular complexity index is 266. The summed E-state index contributed by atoms with van der Waals surface area (Å²) in [6, 6.07) is 0. The summed E-state index contributed by atoms with van der Waals surface area (Å²) in [5.74, 6) is 1.02. The lowest BCUT2D eigenvalue weighted by Gasteiger charge is -2.25. The van der Waals surface area contributed by atoms with Crippen molar-refractivity contribution in [3.63, 3.8) is 0 Å². The van der Waals surface area contributed by atoms with Gasteiger partial charge in [-0.3, -0.25) is 4.57 Å². The third kappa shape index (κ3) is 1.39.